The first-order valence-corrected chi connectivity index (χ1v) is 8.91. The monoisotopic (exact) mass is 348 g/mol. The second-order valence-electron chi connectivity index (χ2n) is 5.05. The third-order valence-electron chi connectivity index (χ3n) is 3.11. The molecule has 120 valence electrons. The van der Waals surface area contributed by atoms with Crippen molar-refractivity contribution in [1.29, 1.82) is 0 Å². The Morgan fingerprint density at radius 1 is 1.35 bits per heavy atom. The number of aliphatic hydroxyl groups excluding tert-OH is 1. The third-order valence-corrected chi connectivity index (χ3v) is 5.03. The molecule has 0 aliphatic rings. The SMILES string of the molecule is CC(CO)Nc1nc2[nH]c(SCc3ccccc3)nc(=O)c2s1. The number of benzene rings is 1. The lowest BCUT2D eigenvalue weighted by Crippen LogP contribution is -2.18. The smallest absolute Gasteiger partial charge is 0.293 e. The van der Waals surface area contributed by atoms with E-state index in [-0.39, 0.29) is 18.2 Å². The summed E-state index contributed by atoms with van der Waals surface area (Å²) in [4.78, 5) is 23.7. The lowest BCUT2D eigenvalue weighted by molar-refractivity contribution is 0.281. The number of nitrogens with zero attached hydrogens (tertiary/aromatic N) is 2. The van der Waals surface area contributed by atoms with E-state index in [9.17, 15) is 4.79 Å². The quantitative estimate of drug-likeness (QED) is 0.468. The molecule has 2 aromatic heterocycles. The maximum absolute atomic E-state index is 12.1. The number of thioether (sulfide) groups is 1. The highest BCUT2D eigenvalue weighted by Gasteiger charge is 2.12. The van der Waals surface area contributed by atoms with Gasteiger partial charge >= 0.3 is 0 Å². The molecule has 0 fully saturated rings. The average Bonchev–Trinajstić information content (AvgIpc) is 2.97. The molecule has 2 heterocycles. The predicted molar refractivity (Wildman–Crippen MR) is 94.2 cm³/mol. The maximum atomic E-state index is 12.1. The highest BCUT2D eigenvalue weighted by atomic mass is 32.2. The van der Waals surface area contributed by atoms with Gasteiger partial charge in [-0.2, -0.15) is 4.98 Å². The van der Waals surface area contributed by atoms with Crippen LogP contribution >= 0.6 is 23.1 Å². The Morgan fingerprint density at radius 3 is 2.87 bits per heavy atom. The molecule has 1 atom stereocenters. The molecular weight excluding hydrogens is 332 g/mol. The Labute approximate surface area is 141 Å². The van der Waals surface area contributed by atoms with E-state index in [0.29, 0.717) is 20.6 Å². The number of anilines is 1. The number of aliphatic hydroxyl groups is 1. The topological polar surface area (TPSA) is 90.9 Å². The number of fused-ring (bicyclic) bond motifs is 1. The van der Waals surface area contributed by atoms with Gasteiger partial charge in [-0.1, -0.05) is 53.4 Å². The van der Waals surface area contributed by atoms with Crippen LogP contribution < -0.4 is 10.9 Å². The molecule has 0 amide bonds. The van der Waals surface area contributed by atoms with Gasteiger partial charge < -0.3 is 15.4 Å². The van der Waals surface area contributed by atoms with E-state index in [1.807, 2.05) is 37.3 Å². The molecule has 0 saturated heterocycles. The largest absolute Gasteiger partial charge is 0.394 e. The minimum Gasteiger partial charge on any atom is -0.394 e. The van der Waals surface area contributed by atoms with Gasteiger partial charge in [0.25, 0.3) is 5.56 Å². The number of rotatable bonds is 6. The number of aromatic amines is 1. The number of aromatic nitrogens is 3. The number of nitrogens with one attached hydrogen (secondary N) is 2. The summed E-state index contributed by atoms with van der Waals surface area (Å²) in [5, 5.41) is 13.3. The standard InChI is InChI=1S/C15H16N4O2S2/c1-9(7-20)16-15-18-12-11(23-15)13(21)19-14(17-12)22-8-10-5-3-2-4-6-10/h2-6,9,20H,7-8H2,1H3,(H2,16,17,18,19,21). The Bertz CT molecular complexity index is 848. The number of H-pyrrole nitrogens is 1. The van der Waals surface area contributed by atoms with Crippen LogP contribution in [0.25, 0.3) is 10.3 Å². The number of hydrogen-bond donors (Lipinski definition) is 3. The van der Waals surface area contributed by atoms with Gasteiger partial charge in [0.1, 0.15) is 4.70 Å². The summed E-state index contributed by atoms with van der Waals surface area (Å²) in [5.74, 6) is 0.728. The van der Waals surface area contributed by atoms with Gasteiger partial charge in [-0.25, -0.2) is 4.98 Å². The van der Waals surface area contributed by atoms with Crippen LogP contribution in [0.5, 0.6) is 0 Å². The molecule has 1 unspecified atom stereocenters. The molecule has 3 rings (SSSR count). The molecule has 0 aliphatic carbocycles. The molecule has 0 spiro atoms. The Balaban J connectivity index is 1.81. The minimum atomic E-state index is -0.281. The third kappa shape index (κ3) is 3.90. The summed E-state index contributed by atoms with van der Waals surface area (Å²) in [6, 6.07) is 9.88. The van der Waals surface area contributed by atoms with Gasteiger partial charge in [0.2, 0.25) is 0 Å². The van der Waals surface area contributed by atoms with E-state index in [0.717, 1.165) is 11.3 Å². The summed E-state index contributed by atoms with van der Waals surface area (Å²) < 4.78 is 0.488. The van der Waals surface area contributed by atoms with Crippen molar-refractivity contribution >= 4 is 38.6 Å². The lowest BCUT2D eigenvalue weighted by Gasteiger charge is -2.07. The molecule has 0 saturated carbocycles. The van der Waals surface area contributed by atoms with E-state index >= 15 is 0 Å². The van der Waals surface area contributed by atoms with Crippen LogP contribution in [0, 0.1) is 0 Å². The van der Waals surface area contributed by atoms with Gasteiger partial charge in [0, 0.05) is 11.8 Å². The zero-order chi connectivity index (χ0) is 16.2. The van der Waals surface area contributed by atoms with Crippen molar-refractivity contribution in [2.75, 3.05) is 11.9 Å². The normalized spacial score (nSPS) is 12.4. The lowest BCUT2D eigenvalue weighted by atomic mass is 10.2. The predicted octanol–water partition coefficient (Wildman–Crippen LogP) is 2.46. The zero-order valence-electron chi connectivity index (χ0n) is 12.4. The molecule has 23 heavy (non-hydrogen) atoms. The fourth-order valence-electron chi connectivity index (χ4n) is 1.93. The van der Waals surface area contributed by atoms with Crippen LogP contribution in [0.2, 0.25) is 0 Å². The van der Waals surface area contributed by atoms with Gasteiger partial charge in [0.15, 0.2) is 15.9 Å². The van der Waals surface area contributed by atoms with Crippen LogP contribution in [-0.4, -0.2) is 32.7 Å². The number of thiazole rings is 1. The van der Waals surface area contributed by atoms with Crippen LogP contribution in [0.3, 0.4) is 0 Å². The average molecular weight is 348 g/mol. The first-order valence-electron chi connectivity index (χ1n) is 7.10. The molecule has 3 N–H and O–H groups in total. The van der Waals surface area contributed by atoms with Crippen molar-refractivity contribution < 1.29 is 5.11 Å². The Hall–Kier alpha value is -1.90. The van der Waals surface area contributed by atoms with E-state index in [1.54, 1.807) is 0 Å². The Kier molecular flexibility index (Phi) is 4.94. The van der Waals surface area contributed by atoms with Crippen molar-refractivity contribution in [3.8, 4) is 0 Å². The molecule has 6 nitrogen and oxygen atoms in total. The van der Waals surface area contributed by atoms with Gasteiger partial charge in [-0.15, -0.1) is 0 Å². The van der Waals surface area contributed by atoms with Crippen molar-refractivity contribution in [2.24, 2.45) is 0 Å². The van der Waals surface area contributed by atoms with E-state index < -0.39 is 0 Å². The van der Waals surface area contributed by atoms with Gasteiger partial charge in [-0.05, 0) is 12.5 Å². The second kappa shape index (κ2) is 7.12. The Morgan fingerprint density at radius 2 is 2.13 bits per heavy atom. The van der Waals surface area contributed by atoms with Crippen molar-refractivity contribution in [2.45, 2.75) is 23.9 Å². The molecule has 3 aromatic rings. The molecule has 0 bridgehead atoms. The summed E-state index contributed by atoms with van der Waals surface area (Å²) in [7, 11) is 0. The summed E-state index contributed by atoms with van der Waals surface area (Å²) in [6.07, 6.45) is 0. The highest BCUT2D eigenvalue weighted by Crippen LogP contribution is 2.25. The fourth-order valence-corrected chi connectivity index (χ4v) is 3.66. The summed E-state index contributed by atoms with van der Waals surface area (Å²) in [5.41, 5.74) is 1.41. The van der Waals surface area contributed by atoms with Gasteiger partial charge in [0.05, 0.1) is 6.61 Å². The molecule has 8 heteroatoms. The van der Waals surface area contributed by atoms with Crippen LogP contribution in [0.15, 0.2) is 40.3 Å². The van der Waals surface area contributed by atoms with Crippen molar-refractivity contribution in [3.05, 3.63) is 46.2 Å². The molecule has 0 radical (unpaired) electrons. The molecule has 1 aromatic carbocycles. The first-order chi connectivity index (χ1) is 11.2. The maximum Gasteiger partial charge on any atom is 0.293 e. The fraction of sp³-hybridized carbons (Fsp3) is 0.267. The van der Waals surface area contributed by atoms with Crippen LogP contribution in [0.1, 0.15) is 12.5 Å². The van der Waals surface area contributed by atoms with Gasteiger partial charge in [-0.3, -0.25) is 4.79 Å². The van der Waals surface area contributed by atoms with Crippen molar-refractivity contribution in [3.63, 3.8) is 0 Å². The molecular formula is C15H16N4O2S2. The van der Waals surface area contributed by atoms with E-state index in [1.165, 1.54) is 23.1 Å². The summed E-state index contributed by atoms with van der Waals surface area (Å²) in [6.45, 7) is 1.84. The second-order valence-corrected chi connectivity index (χ2v) is 7.01. The minimum absolute atomic E-state index is 0.000297. The molecule has 0 aliphatic heterocycles. The number of hydrogen-bond acceptors (Lipinski definition) is 7. The first kappa shape index (κ1) is 16.0. The van der Waals surface area contributed by atoms with Crippen LogP contribution in [0.4, 0.5) is 5.13 Å². The van der Waals surface area contributed by atoms with E-state index in [2.05, 4.69) is 20.3 Å². The highest BCUT2D eigenvalue weighted by molar-refractivity contribution is 7.98. The van der Waals surface area contributed by atoms with Crippen LogP contribution in [-0.2, 0) is 5.75 Å². The summed E-state index contributed by atoms with van der Waals surface area (Å²) >= 11 is 2.71. The van der Waals surface area contributed by atoms with Crippen molar-refractivity contribution in [1.82, 2.24) is 15.0 Å². The zero-order valence-corrected chi connectivity index (χ0v) is 14.1. The van der Waals surface area contributed by atoms with E-state index in [4.69, 9.17) is 5.11 Å².